The summed E-state index contributed by atoms with van der Waals surface area (Å²) < 4.78 is 10.4. The molecule has 3 nitrogen and oxygen atoms in total. The van der Waals surface area contributed by atoms with Gasteiger partial charge in [0.15, 0.2) is 6.29 Å². The van der Waals surface area contributed by atoms with Crippen LogP contribution >= 0.6 is 0 Å². The molecule has 0 saturated carbocycles. The van der Waals surface area contributed by atoms with Crippen LogP contribution in [-0.2, 0) is 4.74 Å². The third-order valence-electron chi connectivity index (χ3n) is 2.45. The summed E-state index contributed by atoms with van der Waals surface area (Å²) in [5.74, 6) is 0.340. The van der Waals surface area contributed by atoms with Crippen LogP contribution < -0.4 is 0 Å². The number of hydrogen-bond acceptors (Lipinski definition) is 3. The third-order valence-corrected chi connectivity index (χ3v) is 2.45. The summed E-state index contributed by atoms with van der Waals surface area (Å²) in [6, 6.07) is 0. The topological polar surface area (TPSA) is 39.4 Å². The van der Waals surface area contributed by atoms with Gasteiger partial charge in [-0.1, -0.05) is 0 Å². The van der Waals surface area contributed by atoms with E-state index in [1.54, 1.807) is 6.26 Å². The van der Waals surface area contributed by atoms with Crippen molar-refractivity contribution in [1.29, 1.82) is 0 Å². The Kier molecular flexibility index (Phi) is 2.45. The van der Waals surface area contributed by atoms with Gasteiger partial charge in [-0.05, 0) is 12.8 Å². The summed E-state index contributed by atoms with van der Waals surface area (Å²) in [7, 11) is 0. The molecule has 2 rings (SSSR count). The van der Waals surface area contributed by atoms with Gasteiger partial charge in [-0.3, -0.25) is 4.79 Å². The molecule has 1 fully saturated rings. The Labute approximate surface area is 76.7 Å². The minimum absolute atomic E-state index is 0.340. The second-order valence-corrected chi connectivity index (χ2v) is 3.31. The fourth-order valence-corrected chi connectivity index (χ4v) is 1.73. The molecule has 2 heterocycles. The van der Waals surface area contributed by atoms with E-state index in [4.69, 9.17) is 9.15 Å². The lowest BCUT2D eigenvalue weighted by atomic mass is 9.93. The van der Waals surface area contributed by atoms with E-state index in [9.17, 15) is 4.79 Å². The molecule has 0 bridgehead atoms. The standard InChI is InChI=1S/C10H12O3/c11-4-9-6-13-7-10(9)8-2-1-3-12-5-8/h4,6-8H,1-3,5H2. The number of furan rings is 1. The molecule has 0 aromatic carbocycles. The van der Waals surface area contributed by atoms with Crippen molar-refractivity contribution in [3.05, 3.63) is 23.7 Å². The van der Waals surface area contributed by atoms with Crippen LogP contribution in [0.5, 0.6) is 0 Å². The van der Waals surface area contributed by atoms with E-state index in [1.165, 1.54) is 6.26 Å². The molecular formula is C10H12O3. The fourth-order valence-electron chi connectivity index (χ4n) is 1.73. The highest BCUT2D eigenvalue weighted by molar-refractivity contribution is 5.76. The highest BCUT2D eigenvalue weighted by Crippen LogP contribution is 2.27. The van der Waals surface area contributed by atoms with E-state index in [1.807, 2.05) is 0 Å². The molecular weight excluding hydrogens is 168 g/mol. The van der Waals surface area contributed by atoms with Crippen LogP contribution in [0.1, 0.15) is 34.7 Å². The van der Waals surface area contributed by atoms with Crippen molar-refractivity contribution in [2.75, 3.05) is 13.2 Å². The second-order valence-electron chi connectivity index (χ2n) is 3.31. The Balaban J connectivity index is 2.17. The monoisotopic (exact) mass is 180 g/mol. The van der Waals surface area contributed by atoms with Crippen molar-refractivity contribution in [2.45, 2.75) is 18.8 Å². The molecule has 1 atom stereocenters. The van der Waals surface area contributed by atoms with Gasteiger partial charge in [-0.25, -0.2) is 0 Å². The van der Waals surface area contributed by atoms with Crippen LogP contribution in [0.3, 0.4) is 0 Å². The lowest BCUT2D eigenvalue weighted by Gasteiger charge is -2.21. The zero-order chi connectivity index (χ0) is 9.10. The molecule has 0 aliphatic carbocycles. The van der Waals surface area contributed by atoms with Crippen molar-refractivity contribution in [2.24, 2.45) is 0 Å². The third kappa shape index (κ3) is 1.65. The van der Waals surface area contributed by atoms with Crippen LogP contribution in [-0.4, -0.2) is 19.5 Å². The quantitative estimate of drug-likeness (QED) is 0.653. The molecule has 70 valence electrons. The van der Waals surface area contributed by atoms with Gasteiger partial charge in [0.1, 0.15) is 6.26 Å². The number of ether oxygens (including phenoxy) is 1. The maximum absolute atomic E-state index is 10.6. The van der Waals surface area contributed by atoms with E-state index in [-0.39, 0.29) is 0 Å². The molecule has 13 heavy (non-hydrogen) atoms. The van der Waals surface area contributed by atoms with Crippen LogP contribution in [0, 0.1) is 0 Å². The lowest BCUT2D eigenvalue weighted by molar-refractivity contribution is 0.0799. The first-order valence-corrected chi connectivity index (χ1v) is 4.51. The first-order valence-electron chi connectivity index (χ1n) is 4.51. The first kappa shape index (κ1) is 8.51. The number of hydrogen-bond donors (Lipinski definition) is 0. The molecule has 1 unspecified atom stereocenters. The number of carbonyl (C=O) groups is 1. The number of carbonyl (C=O) groups excluding carboxylic acids is 1. The van der Waals surface area contributed by atoms with Gasteiger partial charge in [-0.2, -0.15) is 0 Å². The second kappa shape index (κ2) is 3.75. The lowest BCUT2D eigenvalue weighted by Crippen LogP contribution is -2.15. The van der Waals surface area contributed by atoms with E-state index < -0.39 is 0 Å². The summed E-state index contributed by atoms with van der Waals surface area (Å²) >= 11 is 0. The minimum Gasteiger partial charge on any atom is -0.472 e. The van der Waals surface area contributed by atoms with Crippen LogP contribution in [0.25, 0.3) is 0 Å². The Morgan fingerprint density at radius 3 is 3.08 bits per heavy atom. The highest BCUT2D eigenvalue weighted by atomic mass is 16.5. The van der Waals surface area contributed by atoms with Crippen molar-refractivity contribution < 1.29 is 13.9 Å². The average molecular weight is 180 g/mol. The SMILES string of the molecule is O=Cc1cocc1C1CCCOC1. The Bertz CT molecular complexity index is 284. The van der Waals surface area contributed by atoms with Crippen LogP contribution in [0.15, 0.2) is 16.9 Å². The predicted octanol–water partition coefficient (Wildman–Crippen LogP) is 1.99. The molecule has 0 N–H and O–H groups in total. The van der Waals surface area contributed by atoms with Gasteiger partial charge in [0.05, 0.1) is 18.4 Å². The van der Waals surface area contributed by atoms with E-state index in [2.05, 4.69) is 0 Å². The van der Waals surface area contributed by atoms with Crippen molar-refractivity contribution >= 4 is 6.29 Å². The first-order chi connectivity index (χ1) is 6.42. The fraction of sp³-hybridized carbons (Fsp3) is 0.500. The molecule has 0 spiro atoms. The van der Waals surface area contributed by atoms with Crippen LogP contribution in [0.4, 0.5) is 0 Å². The van der Waals surface area contributed by atoms with Gasteiger partial charge in [0, 0.05) is 18.1 Å². The molecule has 1 aliphatic rings. The normalized spacial score (nSPS) is 22.9. The largest absolute Gasteiger partial charge is 0.472 e. The molecule has 3 heteroatoms. The minimum atomic E-state index is 0.340. The van der Waals surface area contributed by atoms with Gasteiger partial charge >= 0.3 is 0 Å². The maximum Gasteiger partial charge on any atom is 0.153 e. The zero-order valence-electron chi connectivity index (χ0n) is 7.36. The number of rotatable bonds is 2. The summed E-state index contributed by atoms with van der Waals surface area (Å²) in [4.78, 5) is 10.6. The molecule has 0 radical (unpaired) electrons. The van der Waals surface area contributed by atoms with E-state index >= 15 is 0 Å². The molecule has 0 amide bonds. The molecule has 1 aromatic heterocycles. The Morgan fingerprint density at radius 1 is 1.46 bits per heavy atom. The van der Waals surface area contributed by atoms with E-state index in [0.717, 1.165) is 31.3 Å². The summed E-state index contributed by atoms with van der Waals surface area (Å²) in [6.45, 7) is 1.55. The molecule has 1 aliphatic heterocycles. The summed E-state index contributed by atoms with van der Waals surface area (Å²) in [5.41, 5.74) is 1.66. The van der Waals surface area contributed by atoms with Gasteiger partial charge in [0.2, 0.25) is 0 Å². The smallest absolute Gasteiger partial charge is 0.153 e. The van der Waals surface area contributed by atoms with Gasteiger partial charge < -0.3 is 9.15 Å². The number of aldehydes is 1. The Morgan fingerprint density at radius 2 is 2.38 bits per heavy atom. The van der Waals surface area contributed by atoms with Crippen molar-refractivity contribution in [3.8, 4) is 0 Å². The molecule has 1 saturated heterocycles. The zero-order valence-corrected chi connectivity index (χ0v) is 7.36. The summed E-state index contributed by atoms with van der Waals surface area (Å²) in [6.07, 6.45) is 6.14. The summed E-state index contributed by atoms with van der Waals surface area (Å²) in [5, 5.41) is 0. The van der Waals surface area contributed by atoms with Gasteiger partial charge in [0.25, 0.3) is 0 Å². The maximum atomic E-state index is 10.6. The molecule has 1 aromatic rings. The van der Waals surface area contributed by atoms with Crippen molar-refractivity contribution in [1.82, 2.24) is 0 Å². The highest BCUT2D eigenvalue weighted by Gasteiger charge is 2.20. The van der Waals surface area contributed by atoms with E-state index in [0.29, 0.717) is 18.1 Å². The van der Waals surface area contributed by atoms with Crippen LogP contribution in [0.2, 0.25) is 0 Å². The van der Waals surface area contributed by atoms with Crippen molar-refractivity contribution in [3.63, 3.8) is 0 Å². The predicted molar refractivity (Wildman–Crippen MR) is 46.9 cm³/mol. The Hall–Kier alpha value is -1.09. The van der Waals surface area contributed by atoms with Gasteiger partial charge in [-0.15, -0.1) is 0 Å². The average Bonchev–Trinajstić information content (AvgIpc) is 2.67.